The van der Waals surface area contributed by atoms with Gasteiger partial charge in [0.15, 0.2) is 5.82 Å². The second-order valence-corrected chi connectivity index (χ2v) is 5.12. The van der Waals surface area contributed by atoms with Crippen LogP contribution in [0.1, 0.15) is 12.5 Å². The largest absolute Gasteiger partial charge is 0.216 e. The second-order valence-electron chi connectivity index (χ2n) is 3.59. The van der Waals surface area contributed by atoms with Crippen LogP contribution in [-0.2, 0) is 6.42 Å². The minimum Gasteiger partial charge on any atom is -0.216 e. The highest BCUT2D eigenvalue weighted by molar-refractivity contribution is 6.42. The molecular formula is C12H8Cl4N2. The standard InChI is InChI=1S/C12H8Cl4N2/c1-2-7-10(15)17-12(18-11(7)16)6-3-4-8(13)9(14)5-6/h3-5H,2H2,1H3. The number of aromatic nitrogens is 2. The fourth-order valence-electron chi connectivity index (χ4n) is 1.49. The van der Waals surface area contributed by atoms with Crippen LogP contribution in [0.4, 0.5) is 0 Å². The zero-order valence-corrected chi connectivity index (χ0v) is 12.4. The van der Waals surface area contributed by atoms with Crippen molar-refractivity contribution in [1.82, 2.24) is 9.97 Å². The molecule has 0 saturated carbocycles. The van der Waals surface area contributed by atoms with Gasteiger partial charge < -0.3 is 0 Å². The van der Waals surface area contributed by atoms with Gasteiger partial charge in [0.05, 0.1) is 10.0 Å². The van der Waals surface area contributed by atoms with Crippen molar-refractivity contribution < 1.29 is 0 Å². The fourth-order valence-corrected chi connectivity index (χ4v) is 2.44. The topological polar surface area (TPSA) is 25.8 Å². The van der Waals surface area contributed by atoms with E-state index in [0.717, 1.165) is 11.1 Å². The number of benzene rings is 1. The summed E-state index contributed by atoms with van der Waals surface area (Å²) < 4.78 is 0. The molecule has 18 heavy (non-hydrogen) atoms. The first-order valence-corrected chi connectivity index (χ1v) is 6.71. The first-order chi connectivity index (χ1) is 8.52. The Kier molecular flexibility index (Phi) is 4.33. The van der Waals surface area contributed by atoms with Gasteiger partial charge >= 0.3 is 0 Å². The Hall–Kier alpha value is -0.540. The molecule has 0 spiro atoms. The summed E-state index contributed by atoms with van der Waals surface area (Å²) in [5.41, 5.74) is 1.46. The SMILES string of the molecule is CCc1c(Cl)nc(-c2ccc(Cl)c(Cl)c2)nc1Cl. The predicted octanol–water partition coefficient (Wildman–Crippen LogP) is 5.32. The highest BCUT2D eigenvalue weighted by Crippen LogP contribution is 2.30. The average Bonchev–Trinajstić information content (AvgIpc) is 2.32. The Morgan fingerprint density at radius 2 is 1.56 bits per heavy atom. The summed E-state index contributed by atoms with van der Waals surface area (Å²) in [4.78, 5) is 8.43. The molecule has 0 aliphatic rings. The summed E-state index contributed by atoms with van der Waals surface area (Å²) in [6, 6.07) is 5.12. The van der Waals surface area contributed by atoms with Gasteiger partial charge in [-0.3, -0.25) is 0 Å². The Labute approximate surface area is 125 Å². The maximum Gasteiger partial charge on any atom is 0.162 e. The molecule has 0 aliphatic heterocycles. The Balaban J connectivity index is 2.54. The van der Waals surface area contributed by atoms with E-state index < -0.39 is 0 Å². The van der Waals surface area contributed by atoms with E-state index in [9.17, 15) is 0 Å². The average molecular weight is 322 g/mol. The Morgan fingerprint density at radius 3 is 2.06 bits per heavy atom. The molecule has 0 atom stereocenters. The van der Waals surface area contributed by atoms with Gasteiger partial charge in [0.25, 0.3) is 0 Å². The van der Waals surface area contributed by atoms with E-state index in [1.165, 1.54) is 0 Å². The number of hydrogen-bond donors (Lipinski definition) is 0. The lowest BCUT2D eigenvalue weighted by atomic mass is 10.2. The van der Waals surface area contributed by atoms with Crippen LogP contribution in [0.25, 0.3) is 11.4 Å². The van der Waals surface area contributed by atoms with Crippen molar-refractivity contribution in [2.75, 3.05) is 0 Å². The molecule has 6 heteroatoms. The molecule has 2 rings (SSSR count). The number of halogens is 4. The lowest BCUT2D eigenvalue weighted by Gasteiger charge is -2.07. The molecule has 2 aromatic rings. The van der Waals surface area contributed by atoms with Gasteiger partial charge in [0, 0.05) is 11.1 Å². The summed E-state index contributed by atoms with van der Waals surface area (Å²) in [5, 5.41) is 1.63. The van der Waals surface area contributed by atoms with Crippen molar-refractivity contribution in [2.24, 2.45) is 0 Å². The van der Waals surface area contributed by atoms with Crippen molar-refractivity contribution in [3.63, 3.8) is 0 Å². The second kappa shape index (κ2) is 5.62. The van der Waals surface area contributed by atoms with Gasteiger partial charge in [-0.2, -0.15) is 0 Å². The third-order valence-corrected chi connectivity index (χ3v) is 3.80. The third kappa shape index (κ3) is 2.72. The molecule has 0 radical (unpaired) electrons. The molecule has 1 aromatic heterocycles. The van der Waals surface area contributed by atoms with Crippen LogP contribution in [0, 0.1) is 0 Å². The van der Waals surface area contributed by atoms with Crippen LogP contribution >= 0.6 is 46.4 Å². The lowest BCUT2D eigenvalue weighted by molar-refractivity contribution is 1.05. The minimum atomic E-state index is 0.360. The molecule has 94 valence electrons. The molecule has 1 aromatic carbocycles. The zero-order valence-electron chi connectivity index (χ0n) is 9.35. The van der Waals surface area contributed by atoms with Gasteiger partial charge in [0.1, 0.15) is 10.3 Å². The van der Waals surface area contributed by atoms with Crippen LogP contribution in [0.5, 0.6) is 0 Å². The van der Waals surface area contributed by atoms with Gasteiger partial charge in [0.2, 0.25) is 0 Å². The summed E-state index contributed by atoms with van der Waals surface area (Å²) in [6.07, 6.45) is 0.680. The van der Waals surface area contributed by atoms with Crippen molar-refractivity contribution in [3.8, 4) is 11.4 Å². The molecule has 0 saturated heterocycles. The predicted molar refractivity (Wildman–Crippen MR) is 76.9 cm³/mol. The van der Waals surface area contributed by atoms with E-state index in [2.05, 4.69) is 9.97 Å². The molecule has 0 bridgehead atoms. The fraction of sp³-hybridized carbons (Fsp3) is 0.167. The highest BCUT2D eigenvalue weighted by Gasteiger charge is 2.12. The van der Waals surface area contributed by atoms with Crippen LogP contribution in [0.15, 0.2) is 18.2 Å². The molecule has 0 unspecified atom stereocenters. The van der Waals surface area contributed by atoms with Gasteiger partial charge in [-0.05, 0) is 24.6 Å². The van der Waals surface area contributed by atoms with Crippen LogP contribution < -0.4 is 0 Å². The number of hydrogen-bond acceptors (Lipinski definition) is 2. The van der Waals surface area contributed by atoms with Crippen molar-refractivity contribution in [2.45, 2.75) is 13.3 Å². The van der Waals surface area contributed by atoms with Crippen LogP contribution in [0.2, 0.25) is 20.4 Å². The lowest BCUT2D eigenvalue weighted by Crippen LogP contribution is -1.96. The maximum atomic E-state index is 6.06. The van der Waals surface area contributed by atoms with Crippen LogP contribution in [-0.4, -0.2) is 9.97 Å². The van der Waals surface area contributed by atoms with E-state index in [4.69, 9.17) is 46.4 Å². The summed E-state index contributed by atoms with van der Waals surface area (Å²) >= 11 is 23.9. The van der Waals surface area contributed by atoms with E-state index in [0.29, 0.717) is 32.6 Å². The van der Waals surface area contributed by atoms with Crippen molar-refractivity contribution in [3.05, 3.63) is 44.1 Å². The maximum absolute atomic E-state index is 6.06. The third-order valence-electron chi connectivity index (χ3n) is 2.44. The first-order valence-electron chi connectivity index (χ1n) is 5.20. The Morgan fingerprint density at radius 1 is 0.944 bits per heavy atom. The molecule has 0 N–H and O–H groups in total. The molecule has 0 fully saturated rings. The molecule has 2 nitrogen and oxygen atoms in total. The van der Waals surface area contributed by atoms with E-state index in [-0.39, 0.29) is 0 Å². The smallest absolute Gasteiger partial charge is 0.162 e. The number of rotatable bonds is 2. The van der Waals surface area contributed by atoms with E-state index in [1.807, 2.05) is 6.92 Å². The van der Waals surface area contributed by atoms with Crippen LogP contribution in [0.3, 0.4) is 0 Å². The monoisotopic (exact) mass is 320 g/mol. The summed E-state index contributed by atoms with van der Waals surface area (Å²) in [7, 11) is 0. The highest BCUT2D eigenvalue weighted by atomic mass is 35.5. The minimum absolute atomic E-state index is 0.360. The Bertz CT molecular complexity index is 576. The summed E-state index contributed by atoms with van der Waals surface area (Å²) in [5.74, 6) is 0.431. The zero-order chi connectivity index (χ0) is 13.3. The first kappa shape index (κ1) is 13.9. The quantitative estimate of drug-likeness (QED) is 0.699. The van der Waals surface area contributed by atoms with Gasteiger partial charge in [-0.25, -0.2) is 9.97 Å². The normalized spacial score (nSPS) is 10.7. The van der Waals surface area contributed by atoms with E-state index in [1.54, 1.807) is 18.2 Å². The van der Waals surface area contributed by atoms with E-state index >= 15 is 0 Å². The van der Waals surface area contributed by atoms with Gasteiger partial charge in [-0.1, -0.05) is 53.3 Å². The number of nitrogens with zero attached hydrogens (tertiary/aromatic N) is 2. The molecule has 1 heterocycles. The summed E-state index contributed by atoms with van der Waals surface area (Å²) in [6.45, 7) is 1.94. The van der Waals surface area contributed by atoms with Gasteiger partial charge in [-0.15, -0.1) is 0 Å². The van der Waals surface area contributed by atoms with Crippen molar-refractivity contribution in [1.29, 1.82) is 0 Å². The molecular weight excluding hydrogens is 314 g/mol. The molecule has 0 amide bonds. The van der Waals surface area contributed by atoms with Crippen molar-refractivity contribution >= 4 is 46.4 Å². The molecule has 0 aliphatic carbocycles.